The van der Waals surface area contributed by atoms with E-state index in [9.17, 15) is 4.39 Å². The lowest BCUT2D eigenvalue weighted by Crippen LogP contribution is -2.45. The molecule has 0 bridgehead atoms. The standard InChI is InChI=1S/C17H21FN2/c1-13-7-3-6-10-16(13)20-17(2,12-19)11-14-8-4-5-9-15(14)18/h3-10,20H,11-12,19H2,1-2H3. The average molecular weight is 272 g/mol. The minimum absolute atomic E-state index is 0.182. The number of halogens is 1. The van der Waals surface area contributed by atoms with Crippen molar-refractivity contribution in [1.82, 2.24) is 0 Å². The second-order valence-electron chi connectivity index (χ2n) is 5.47. The van der Waals surface area contributed by atoms with Crippen molar-refractivity contribution in [2.75, 3.05) is 11.9 Å². The molecule has 2 aromatic rings. The number of aryl methyl sites for hydroxylation is 1. The Morgan fingerprint density at radius 1 is 1.10 bits per heavy atom. The van der Waals surface area contributed by atoms with Gasteiger partial charge < -0.3 is 11.1 Å². The molecule has 0 heterocycles. The topological polar surface area (TPSA) is 38.0 Å². The van der Waals surface area contributed by atoms with Crippen LogP contribution in [0.15, 0.2) is 48.5 Å². The molecule has 2 rings (SSSR count). The lowest BCUT2D eigenvalue weighted by Gasteiger charge is -2.31. The largest absolute Gasteiger partial charge is 0.378 e. The summed E-state index contributed by atoms with van der Waals surface area (Å²) in [5.41, 5.74) is 8.41. The fourth-order valence-electron chi connectivity index (χ4n) is 2.27. The zero-order chi connectivity index (χ0) is 14.6. The van der Waals surface area contributed by atoms with Crippen LogP contribution in [0.3, 0.4) is 0 Å². The van der Waals surface area contributed by atoms with Gasteiger partial charge in [0.1, 0.15) is 5.82 Å². The van der Waals surface area contributed by atoms with E-state index >= 15 is 0 Å². The smallest absolute Gasteiger partial charge is 0.126 e. The normalized spacial score (nSPS) is 13.8. The van der Waals surface area contributed by atoms with Crippen LogP contribution in [-0.4, -0.2) is 12.1 Å². The minimum Gasteiger partial charge on any atom is -0.378 e. The molecule has 0 amide bonds. The van der Waals surface area contributed by atoms with Gasteiger partial charge in [-0.25, -0.2) is 4.39 Å². The lowest BCUT2D eigenvalue weighted by atomic mass is 9.92. The van der Waals surface area contributed by atoms with Gasteiger partial charge in [0.15, 0.2) is 0 Å². The zero-order valence-electron chi connectivity index (χ0n) is 12.0. The van der Waals surface area contributed by atoms with Gasteiger partial charge in [0.2, 0.25) is 0 Å². The number of hydrogen-bond donors (Lipinski definition) is 2. The van der Waals surface area contributed by atoms with Crippen molar-refractivity contribution in [3.8, 4) is 0 Å². The Hall–Kier alpha value is -1.87. The Labute approximate surface area is 119 Å². The molecule has 2 nitrogen and oxygen atoms in total. The van der Waals surface area contributed by atoms with Gasteiger partial charge in [0.05, 0.1) is 5.54 Å². The molecule has 1 unspecified atom stereocenters. The van der Waals surface area contributed by atoms with Crippen LogP contribution in [0, 0.1) is 12.7 Å². The molecule has 0 aromatic heterocycles. The van der Waals surface area contributed by atoms with Crippen LogP contribution in [-0.2, 0) is 6.42 Å². The number of nitrogens with one attached hydrogen (secondary N) is 1. The zero-order valence-corrected chi connectivity index (χ0v) is 12.0. The molecule has 2 aromatic carbocycles. The van der Waals surface area contributed by atoms with Crippen LogP contribution >= 0.6 is 0 Å². The quantitative estimate of drug-likeness (QED) is 0.874. The Kier molecular flexibility index (Phi) is 4.40. The van der Waals surface area contributed by atoms with Gasteiger partial charge in [0, 0.05) is 12.2 Å². The summed E-state index contributed by atoms with van der Waals surface area (Å²) in [5.74, 6) is -0.182. The van der Waals surface area contributed by atoms with Gasteiger partial charge in [-0.2, -0.15) is 0 Å². The van der Waals surface area contributed by atoms with E-state index in [1.165, 1.54) is 6.07 Å². The molecular weight excluding hydrogens is 251 g/mol. The van der Waals surface area contributed by atoms with Crippen LogP contribution in [0.4, 0.5) is 10.1 Å². The second kappa shape index (κ2) is 6.06. The van der Waals surface area contributed by atoms with Gasteiger partial charge in [-0.1, -0.05) is 36.4 Å². The first-order chi connectivity index (χ1) is 9.54. The molecule has 0 fully saturated rings. The summed E-state index contributed by atoms with van der Waals surface area (Å²) in [5, 5.41) is 3.46. The Morgan fingerprint density at radius 2 is 1.75 bits per heavy atom. The third kappa shape index (κ3) is 3.36. The number of para-hydroxylation sites is 1. The van der Waals surface area contributed by atoms with Crippen molar-refractivity contribution in [2.24, 2.45) is 5.73 Å². The highest BCUT2D eigenvalue weighted by Crippen LogP contribution is 2.23. The summed E-state index contributed by atoms with van der Waals surface area (Å²) >= 11 is 0. The summed E-state index contributed by atoms with van der Waals surface area (Å²) in [4.78, 5) is 0. The molecule has 3 N–H and O–H groups in total. The minimum atomic E-state index is -0.381. The van der Waals surface area contributed by atoms with E-state index in [2.05, 4.69) is 5.32 Å². The monoisotopic (exact) mass is 272 g/mol. The maximum atomic E-state index is 13.8. The van der Waals surface area contributed by atoms with Crippen molar-refractivity contribution in [1.29, 1.82) is 0 Å². The van der Waals surface area contributed by atoms with E-state index in [1.807, 2.05) is 50.2 Å². The maximum absolute atomic E-state index is 13.8. The summed E-state index contributed by atoms with van der Waals surface area (Å²) in [6, 6.07) is 14.9. The Morgan fingerprint density at radius 3 is 2.40 bits per heavy atom. The average Bonchev–Trinajstić information content (AvgIpc) is 2.44. The van der Waals surface area contributed by atoms with Crippen LogP contribution in [0.25, 0.3) is 0 Å². The first kappa shape index (κ1) is 14.5. The Bertz CT molecular complexity index is 533. The van der Waals surface area contributed by atoms with Crippen LogP contribution in [0.5, 0.6) is 0 Å². The number of rotatable bonds is 5. The maximum Gasteiger partial charge on any atom is 0.126 e. The third-order valence-electron chi connectivity index (χ3n) is 3.57. The number of benzene rings is 2. The molecule has 0 radical (unpaired) electrons. The molecule has 0 saturated heterocycles. The summed E-state index contributed by atoms with van der Waals surface area (Å²) < 4.78 is 13.8. The van der Waals surface area contributed by atoms with Crippen molar-refractivity contribution in [3.63, 3.8) is 0 Å². The molecule has 3 heteroatoms. The van der Waals surface area contributed by atoms with Crippen molar-refractivity contribution in [2.45, 2.75) is 25.8 Å². The molecule has 0 aliphatic carbocycles. The molecule has 0 saturated carbocycles. The summed E-state index contributed by atoms with van der Waals surface area (Å²) in [6.45, 7) is 4.49. The van der Waals surface area contributed by atoms with E-state index in [0.717, 1.165) is 11.3 Å². The van der Waals surface area contributed by atoms with Gasteiger partial charge in [-0.3, -0.25) is 0 Å². The Balaban J connectivity index is 2.22. The van der Waals surface area contributed by atoms with E-state index in [1.54, 1.807) is 6.07 Å². The predicted molar refractivity (Wildman–Crippen MR) is 82.4 cm³/mol. The fraction of sp³-hybridized carbons (Fsp3) is 0.294. The van der Waals surface area contributed by atoms with Crippen molar-refractivity contribution < 1.29 is 4.39 Å². The molecule has 1 atom stereocenters. The fourth-order valence-corrected chi connectivity index (χ4v) is 2.27. The van der Waals surface area contributed by atoms with E-state index in [-0.39, 0.29) is 11.4 Å². The summed E-state index contributed by atoms with van der Waals surface area (Å²) in [6.07, 6.45) is 0.546. The first-order valence-electron chi connectivity index (χ1n) is 6.81. The third-order valence-corrected chi connectivity index (χ3v) is 3.57. The molecule has 20 heavy (non-hydrogen) atoms. The predicted octanol–water partition coefficient (Wildman–Crippen LogP) is 3.51. The van der Waals surface area contributed by atoms with Crippen molar-refractivity contribution >= 4 is 5.69 Å². The SMILES string of the molecule is Cc1ccccc1NC(C)(CN)Cc1ccccc1F. The molecule has 0 spiro atoms. The molecular formula is C17H21FN2. The van der Waals surface area contributed by atoms with E-state index < -0.39 is 0 Å². The lowest BCUT2D eigenvalue weighted by molar-refractivity contribution is 0.501. The van der Waals surface area contributed by atoms with Crippen LogP contribution < -0.4 is 11.1 Å². The molecule has 0 aliphatic heterocycles. The highest BCUT2D eigenvalue weighted by Gasteiger charge is 2.24. The highest BCUT2D eigenvalue weighted by molar-refractivity contribution is 5.52. The number of hydrogen-bond acceptors (Lipinski definition) is 2. The van der Waals surface area contributed by atoms with Gasteiger partial charge in [0.25, 0.3) is 0 Å². The van der Waals surface area contributed by atoms with Gasteiger partial charge >= 0.3 is 0 Å². The second-order valence-corrected chi connectivity index (χ2v) is 5.47. The van der Waals surface area contributed by atoms with E-state index in [0.29, 0.717) is 18.5 Å². The highest BCUT2D eigenvalue weighted by atomic mass is 19.1. The van der Waals surface area contributed by atoms with Crippen molar-refractivity contribution in [3.05, 3.63) is 65.5 Å². The molecule has 106 valence electrons. The van der Waals surface area contributed by atoms with E-state index in [4.69, 9.17) is 5.73 Å². The number of nitrogens with two attached hydrogens (primary N) is 1. The van der Waals surface area contributed by atoms with Crippen LogP contribution in [0.2, 0.25) is 0 Å². The number of anilines is 1. The van der Waals surface area contributed by atoms with Gasteiger partial charge in [-0.05, 0) is 43.5 Å². The van der Waals surface area contributed by atoms with Gasteiger partial charge in [-0.15, -0.1) is 0 Å². The first-order valence-corrected chi connectivity index (χ1v) is 6.81. The molecule has 0 aliphatic rings. The van der Waals surface area contributed by atoms with Crippen LogP contribution in [0.1, 0.15) is 18.1 Å². The summed E-state index contributed by atoms with van der Waals surface area (Å²) in [7, 11) is 0.